The number of nitrogens with one attached hydrogen (secondary N) is 2. The third-order valence-corrected chi connectivity index (χ3v) is 9.73. The van der Waals surface area contributed by atoms with Crippen molar-refractivity contribution >= 4 is 23.8 Å². The van der Waals surface area contributed by atoms with Crippen LogP contribution < -0.4 is 15.4 Å². The number of allylic oxidation sites excluding steroid dienone is 14. The molecule has 330 valence electrons. The molecule has 1 atom stereocenters. The number of cyclic esters (lactones) is 1. The first kappa shape index (κ1) is 50.9. The number of esters is 2. The van der Waals surface area contributed by atoms with E-state index in [4.69, 9.17) is 14.2 Å². The number of carbonyl (C=O) groups is 4. The zero-order valence-corrected chi connectivity index (χ0v) is 36.1. The highest BCUT2D eigenvalue weighted by atomic mass is 16.6. The number of amides is 2. The van der Waals surface area contributed by atoms with Gasteiger partial charge in [0, 0.05) is 30.5 Å². The van der Waals surface area contributed by atoms with Gasteiger partial charge in [-0.15, -0.1) is 0 Å². The smallest absolute Gasteiger partial charge is 0.342 e. The SMILES string of the molecule is CC/C=C\C/C=C\C/C=C\C/C=C\C/C=C\C/C=C\CCC(=O)NC(CCCCNC(=O)CC/C(C)=C/Cc1c(O)c2c(c(C)c1OC)COC2=O)C(=O)OC(CO)CO. The summed E-state index contributed by atoms with van der Waals surface area (Å²) in [6.45, 7) is 5.21. The molecule has 12 nitrogen and oxygen atoms in total. The van der Waals surface area contributed by atoms with Gasteiger partial charge in [0.1, 0.15) is 35.8 Å². The molecule has 1 aromatic carbocycles. The van der Waals surface area contributed by atoms with Crippen LogP contribution in [0.15, 0.2) is 84.6 Å². The summed E-state index contributed by atoms with van der Waals surface area (Å²) in [6, 6.07) is -0.968. The van der Waals surface area contributed by atoms with Gasteiger partial charge in [0.05, 0.1) is 20.3 Å². The standard InChI is InChI=1S/C48H68N2O10/c1-5-6-7-8-9-10-11-12-13-14-15-16-17-18-19-20-21-22-23-27-43(54)50-41(47(56)60-38(33-51)34-52)26-24-25-32-49-42(53)31-29-36(2)28-30-39-45(55)44-40(35-59-48(44)57)37(3)46(39)58-4/h6-7,9-10,12-13,15-16,18-19,21-22,28,38,41,51-52,55H,5,8,11,14,17,20,23-27,29-35H2,1-4H3,(H,49,53)(H,50,54)/b7-6-,10-9-,13-12-,16-15-,19-18-,22-21-,36-28+. The molecule has 5 N–H and O–H groups in total. The number of carbonyl (C=O) groups excluding carboxylic acids is 4. The van der Waals surface area contributed by atoms with Gasteiger partial charge in [-0.2, -0.15) is 0 Å². The average Bonchev–Trinajstić information content (AvgIpc) is 3.64. The second kappa shape index (κ2) is 30.8. The van der Waals surface area contributed by atoms with Gasteiger partial charge < -0.3 is 40.2 Å². The molecule has 1 aliphatic heterocycles. The maximum atomic E-state index is 12.8. The van der Waals surface area contributed by atoms with Crippen molar-refractivity contribution in [3.05, 3.63) is 107 Å². The molecule has 12 heteroatoms. The van der Waals surface area contributed by atoms with Crippen LogP contribution in [0.25, 0.3) is 0 Å². The summed E-state index contributed by atoms with van der Waals surface area (Å²) in [4.78, 5) is 50.4. The lowest BCUT2D eigenvalue weighted by molar-refractivity contribution is -0.157. The molecule has 1 aromatic rings. The lowest BCUT2D eigenvalue weighted by Crippen LogP contribution is -2.44. The molecule has 1 unspecified atom stereocenters. The molecule has 0 fully saturated rings. The Morgan fingerprint density at radius 2 is 1.40 bits per heavy atom. The summed E-state index contributed by atoms with van der Waals surface area (Å²) >= 11 is 0. The molecule has 60 heavy (non-hydrogen) atoms. The van der Waals surface area contributed by atoms with Gasteiger partial charge in [0.2, 0.25) is 11.8 Å². The highest BCUT2D eigenvalue weighted by molar-refractivity contribution is 5.98. The van der Waals surface area contributed by atoms with Crippen molar-refractivity contribution in [2.75, 3.05) is 26.9 Å². The second-order valence-electron chi connectivity index (χ2n) is 14.5. The fourth-order valence-corrected chi connectivity index (χ4v) is 6.25. The second-order valence-corrected chi connectivity index (χ2v) is 14.5. The molecule has 0 bridgehead atoms. The number of phenols is 1. The van der Waals surface area contributed by atoms with Gasteiger partial charge in [0.25, 0.3) is 0 Å². The molecule has 2 rings (SSSR count). The minimum Gasteiger partial charge on any atom is -0.507 e. The number of ether oxygens (including phenoxy) is 3. The van der Waals surface area contributed by atoms with E-state index in [9.17, 15) is 34.5 Å². The molecule has 0 aromatic heterocycles. The molecule has 0 radical (unpaired) electrons. The lowest BCUT2D eigenvalue weighted by Gasteiger charge is -2.20. The summed E-state index contributed by atoms with van der Waals surface area (Å²) in [5, 5.41) is 35.2. The molecule has 0 aliphatic carbocycles. The van der Waals surface area contributed by atoms with Crippen LogP contribution >= 0.6 is 0 Å². The van der Waals surface area contributed by atoms with Crippen molar-refractivity contribution in [2.24, 2.45) is 0 Å². The van der Waals surface area contributed by atoms with Crippen LogP contribution in [0, 0.1) is 6.92 Å². The molecular weight excluding hydrogens is 765 g/mol. The third kappa shape index (κ3) is 19.7. The largest absolute Gasteiger partial charge is 0.507 e. The van der Waals surface area contributed by atoms with Crippen molar-refractivity contribution in [2.45, 2.75) is 129 Å². The van der Waals surface area contributed by atoms with E-state index in [1.807, 2.05) is 32.1 Å². The van der Waals surface area contributed by atoms with E-state index in [-0.39, 0.29) is 49.0 Å². The van der Waals surface area contributed by atoms with Crippen LogP contribution in [0.1, 0.15) is 124 Å². The number of benzene rings is 1. The normalized spacial score (nSPS) is 13.8. The van der Waals surface area contributed by atoms with Crippen molar-refractivity contribution in [1.29, 1.82) is 0 Å². The molecule has 2 amide bonds. The van der Waals surface area contributed by atoms with Crippen LogP contribution in [0.5, 0.6) is 11.5 Å². The fraction of sp³-hybridized carbons (Fsp3) is 0.500. The number of aromatic hydroxyl groups is 1. The van der Waals surface area contributed by atoms with E-state index in [2.05, 4.69) is 78.3 Å². The predicted octanol–water partition coefficient (Wildman–Crippen LogP) is 7.79. The molecule has 0 spiro atoms. The topological polar surface area (TPSA) is 181 Å². The third-order valence-electron chi connectivity index (χ3n) is 9.73. The minimum atomic E-state index is -1.09. The van der Waals surface area contributed by atoms with E-state index in [0.717, 1.165) is 49.7 Å². The molecule has 0 saturated heterocycles. The Morgan fingerprint density at radius 1 is 0.817 bits per heavy atom. The first-order valence-corrected chi connectivity index (χ1v) is 21.2. The monoisotopic (exact) mass is 832 g/mol. The quantitative estimate of drug-likeness (QED) is 0.0292. The van der Waals surface area contributed by atoms with Gasteiger partial charge in [-0.1, -0.05) is 91.5 Å². The number of aliphatic hydroxyl groups excluding tert-OH is 2. The maximum absolute atomic E-state index is 12.8. The van der Waals surface area contributed by atoms with Crippen LogP contribution in [-0.4, -0.2) is 78.1 Å². The minimum absolute atomic E-state index is 0.0971. The van der Waals surface area contributed by atoms with Gasteiger partial charge >= 0.3 is 11.9 Å². The van der Waals surface area contributed by atoms with Crippen LogP contribution in [0.4, 0.5) is 0 Å². The Bertz CT molecular complexity index is 1720. The number of aliphatic hydroxyl groups is 2. The first-order valence-electron chi connectivity index (χ1n) is 21.2. The van der Waals surface area contributed by atoms with Crippen molar-refractivity contribution in [1.82, 2.24) is 10.6 Å². The Morgan fingerprint density at radius 3 is 1.97 bits per heavy atom. The highest BCUT2D eigenvalue weighted by Gasteiger charge is 2.32. The number of rotatable bonds is 30. The van der Waals surface area contributed by atoms with Crippen LogP contribution in [0.3, 0.4) is 0 Å². The Kier molecular flexibility index (Phi) is 26.1. The summed E-state index contributed by atoms with van der Waals surface area (Å²) in [5.41, 5.74) is 2.96. The molecule has 0 saturated carbocycles. The predicted molar refractivity (Wildman–Crippen MR) is 236 cm³/mol. The van der Waals surface area contributed by atoms with Crippen LogP contribution in [0.2, 0.25) is 0 Å². The number of phenolic OH excluding ortho intramolecular Hbond substituents is 1. The van der Waals surface area contributed by atoms with E-state index in [0.29, 0.717) is 55.5 Å². The van der Waals surface area contributed by atoms with E-state index in [1.165, 1.54) is 7.11 Å². The van der Waals surface area contributed by atoms with Crippen LogP contribution in [-0.2, 0) is 36.9 Å². The van der Waals surface area contributed by atoms with Gasteiger partial charge in [-0.3, -0.25) is 9.59 Å². The van der Waals surface area contributed by atoms with Gasteiger partial charge in [-0.05, 0) is 96.5 Å². The summed E-state index contributed by atoms with van der Waals surface area (Å²) < 4.78 is 15.9. The molecule has 1 aliphatic rings. The van der Waals surface area contributed by atoms with E-state index >= 15 is 0 Å². The number of unbranched alkanes of at least 4 members (excludes halogenated alkanes) is 1. The van der Waals surface area contributed by atoms with Gasteiger partial charge in [-0.25, -0.2) is 9.59 Å². The Balaban J connectivity index is 1.71. The number of methoxy groups -OCH3 is 1. The van der Waals surface area contributed by atoms with Gasteiger partial charge in [0.15, 0.2) is 0 Å². The summed E-state index contributed by atoms with van der Waals surface area (Å²) in [6.07, 6.45) is 34.7. The first-order chi connectivity index (χ1) is 29.1. The number of hydrogen-bond donors (Lipinski definition) is 5. The zero-order valence-electron chi connectivity index (χ0n) is 36.1. The van der Waals surface area contributed by atoms with Crippen molar-refractivity contribution < 1.29 is 48.7 Å². The molecular formula is C48H68N2O10. The lowest BCUT2D eigenvalue weighted by atomic mass is 9.94. The Hall–Kier alpha value is -5.20. The summed E-state index contributed by atoms with van der Waals surface area (Å²) in [5.74, 6) is -1.40. The van der Waals surface area contributed by atoms with E-state index in [1.54, 1.807) is 0 Å². The van der Waals surface area contributed by atoms with Crippen molar-refractivity contribution in [3.63, 3.8) is 0 Å². The zero-order chi connectivity index (χ0) is 44.0. The van der Waals surface area contributed by atoms with Crippen molar-refractivity contribution in [3.8, 4) is 11.5 Å². The maximum Gasteiger partial charge on any atom is 0.342 e. The highest BCUT2D eigenvalue weighted by Crippen LogP contribution is 2.42. The summed E-state index contributed by atoms with van der Waals surface area (Å²) in [7, 11) is 1.51. The van der Waals surface area contributed by atoms with E-state index < -0.39 is 37.3 Å². The number of hydrogen-bond acceptors (Lipinski definition) is 10. The Labute approximate surface area is 356 Å². The number of fused-ring (bicyclic) bond motifs is 1. The average molecular weight is 833 g/mol. The fourth-order valence-electron chi connectivity index (χ4n) is 6.25. The molecule has 1 heterocycles.